The third-order valence-corrected chi connectivity index (χ3v) is 4.24. The standard InChI is InChI=1S/C16H23BrO2/c1-2-3-4-5-6-7-13-11-15(18)14-9-8-12(17)10-16(14)19-13/h8-10,13,15,18H,2-7,11H2,1H3/t13?,15-/m1/s1. The average molecular weight is 327 g/mol. The zero-order chi connectivity index (χ0) is 13.7. The molecule has 1 aromatic carbocycles. The Morgan fingerprint density at radius 3 is 2.84 bits per heavy atom. The molecule has 1 aliphatic rings. The van der Waals surface area contributed by atoms with Crippen molar-refractivity contribution in [3.63, 3.8) is 0 Å². The van der Waals surface area contributed by atoms with Gasteiger partial charge in [0.05, 0.1) is 6.10 Å². The fraction of sp³-hybridized carbons (Fsp3) is 0.625. The zero-order valence-corrected chi connectivity index (χ0v) is 13.2. The predicted molar refractivity (Wildman–Crippen MR) is 81.5 cm³/mol. The van der Waals surface area contributed by atoms with E-state index in [1.807, 2.05) is 18.2 Å². The molecule has 1 aliphatic heterocycles. The molecule has 2 nitrogen and oxygen atoms in total. The summed E-state index contributed by atoms with van der Waals surface area (Å²) in [5, 5.41) is 10.2. The average Bonchev–Trinajstić information content (AvgIpc) is 2.38. The van der Waals surface area contributed by atoms with Crippen LogP contribution < -0.4 is 4.74 Å². The molecule has 2 atom stereocenters. The molecular formula is C16H23BrO2. The Hall–Kier alpha value is -0.540. The van der Waals surface area contributed by atoms with Gasteiger partial charge in [0.2, 0.25) is 0 Å². The quantitative estimate of drug-likeness (QED) is 0.746. The van der Waals surface area contributed by atoms with Gasteiger partial charge in [0.1, 0.15) is 11.9 Å². The zero-order valence-electron chi connectivity index (χ0n) is 11.6. The van der Waals surface area contributed by atoms with Crippen LogP contribution in [0.4, 0.5) is 0 Å². The van der Waals surface area contributed by atoms with Gasteiger partial charge in [-0.1, -0.05) is 54.6 Å². The van der Waals surface area contributed by atoms with Gasteiger partial charge in [-0.25, -0.2) is 0 Å². The second-order valence-electron chi connectivity index (χ2n) is 5.38. The maximum atomic E-state index is 10.2. The highest BCUT2D eigenvalue weighted by Gasteiger charge is 2.26. The summed E-state index contributed by atoms with van der Waals surface area (Å²) in [6.45, 7) is 2.23. The predicted octanol–water partition coefficient (Wildman–Crippen LogP) is 4.99. The van der Waals surface area contributed by atoms with Gasteiger partial charge in [0, 0.05) is 16.5 Å². The number of benzene rings is 1. The summed E-state index contributed by atoms with van der Waals surface area (Å²) in [5.74, 6) is 0.840. The van der Waals surface area contributed by atoms with Crippen LogP contribution in [-0.2, 0) is 0 Å². The summed E-state index contributed by atoms with van der Waals surface area (Å²) < 4.78 is 7.00. The summed E-state index contributed by atoms with van der Waals surface area (Å²) in [5.41, 5.74) is 0.922. The number of ether oxygens (including phenoxy) is 1. The fourth-order valence-electron chi connectivity index (χ4n) is 2.64. The highest BCUT2D eigenvalue weighted by atomic mass is 79.9. The smallest absolute Gasteiger partial charge is 0.126 e. The van der Waals surface area contributed by atoms with Crippen molar-refractivity contribution in [2.24, 2.45) is 0 Å². The first kappa shape index (κ1) is 14.9. The van der Waals surface area contributed by atoms with Crippen LogP contribution >= 0.6 is 15.9 Å². The molecule has 1 unspecified atom stereocenters. The Morgan fingerprint density at radius 1 is 1.26 bits per heavy atom. The van der Waals surface area contributed by atoms with Gasteiger partial charge >= 0.3 is 0 Å². The summed E-state index contributed by atoms with van der Waals surface area (Å²) in [4.78, 5) is 0. The molecule has 0 spiro atoms. The Kier molecular flexibility index (Phi) is 5.71. The molecule has 2 rings (SSSR count). The van der Waals surface area contributed by atoms with Crippen molar-refractivity contribution >= 4 is 15.9 Å². The minimum atomic E-state index is -0.377. The number of hydrogen-bond acceptors (Lipinski definition) is 2. The van der Waals surface area contributed by atoms with Crippen LogP contribution in [0.5, 0.6) is 5.75 Å². The number of rotatable bonds is 6. The monoisotopic (exact) mass is 326 g/mol. The van der Waals surface area contributed by atoms with Crippen LogP contribution in [0.2, 0.25) is 0 Å². The van der Waals surface area contributed by atoms with Gasteiger partial charge in [-0.05, 0) is 25.0 Å². The van der Waals surface area contributed by atoms with E-state index < -0.39 is 0 Å². The number of halogens is 1. The van der Waals surface area contributed by atoms with Crippen molar-refractivity contribution in [2.45, 2.75) is 64.1 Å². The first-order chi connectivity index (χ1) is 9.20. The molecule has 19 heavy (non-hydrogen) atoms. The van der Waals surface area contributed by atoms with E-state index in [0.717, 1.165) is 28.6 Å². The summed E-state index contributed by atoms with van der Waals surface area (Å²) in [7, 11) is 0. The molecule has 0 saturated carbocycles. The van der Waals surface area contributed by atoms with Crippen molar-refractivity contribution in [1.29, 1.82) is 0 Å². The molecule has 1 N–H and O–H groups in total. The maximum Gasteiger partial charge on any atom is 0.126 e. The van der Waals surface area contributed by atoms with Crippen molar-refractivity contribution in [3.8, 4) is 5.75 Å². The van der Waals surface area contributed by atoms with Crippen molar-refractivity contribution < 1.29 is 9.84 Å². The Morgan fingerprint density at radius 2 is 2.05 bits per heavy atom. The number of aliphatic hydroxyl groups is 1. The molecule has 0 aliphatic carbocycles. The summed E-state index contributed by atoms with van der Waals surface area (Å²) in [6, 6.07) is 5.86. The molecule has 106 valence electrons. The Labute approximate surface area is 124 Å². The molecule has 1 aromatic rings. The minimum Gasteiger partial charge on any atom is -0.490 e. The van der Waals surface area contributed by atoms with E-state index in [1.165, 1.54) is 32.1 Å². The number of aliphatic hydroxyl groups excluding tert-OH is 1. The van der Waals surface area contributed by atoms with Crippen LogP contribution in [0.3, 0.4) is 0 Å². The van der Waals surface area contributed by atoms with Crippen LogP contribution in [0.1, 0.15) is 63.5 Å². The Bertz CT molecular complexity index is 406. The largest absolute Gasteiger partial charge is 0.490 e. The molecule has 0 aromatic heterocycles. The normalized spacial score (nSPS) is 21.8. The highest BCUT2D eigenvalue weighted by molar-refractivity contribution is 9.10. The fourth-order valence-corrected chi connectivity index (χ4v) is 2.98. The Balaban J connectivity index is 1.86. The van der Waals surface area contributed by atoms with Gasteiger partial charge < -0.3 is 9.84 Å². The van der Waals surface area contributed by atoms with Crippen LogP contribution in [0, 0.1) is 0 Å². The van der Waals surface area contributed by atoms with E-state index in [2.05, 4.69) is 22.9 Å². The van der Waals surface area contributed by atoms with Gasteiger partial charge in [-0.15, -0.1) is 0 Å². The molecule has 0 saturated heterocycles. The van der Waals surface area contributed by atoms with Gasteiger partial charge in [0.25, 0.3) is 0 Å². The van der Waals surface area contributed by atoms with Gasteiger partial charge in [-0.3, -0.25) is 0 Å². The molecule has 0 fully saturated rings. The van der Waals surface area contributed by atoms with Crippen LogP contribution in [0.25, 0.3) is 0 Å². The second kappa shape index (κ2) is 7.30. The third-order valence-electron chi connectivity index (χ3n) is 3.74. The molecule has 0 radical (unpaired) electrons. The van der Waals surface area contributed by atoms with Gasteiger partial charge in [0.15, 0.2) is 0 Å². The van der Waals surface area contributed by atoms with Crippen molar-refractivity contribution in [1.82, 2.24) is 0 Å². The van der Waals surface area contributed by atoms with E-state index in [4.69, 9.17) is 4.74 Å². The first-order valence-corrected chi connectivity index (χ1v) is 8.14. The van der Waals surface area contributed by atoms with E-state index >= 15 is 0 Å². The SMILES string of the molecule is CCCCCCCC1C[C@@H](O)c2ccc(Br)cc2O1. The topological polar surface area (TPSA) is 29.5 Å². The van der Waals surface area contributed by atoms with Crippen molar-refractivity contribution in [3.05, 3.63) is 28.2 Å². The van der Waals surface area contributed by atoms with E-state index in [9.17, 15) is 5.11 Å². The molecule has 0 amide bonds. The molecule has 3 heteroatoms. The summed E-state index contributed by atoms with van der Waals surface area (Å²) >= 11 is 3.45. The lowest BCUT2D eigenvalue weighted by molar-refractivity contribution is 0.0604. The van der Waals surface area contributed by atoms with E-state index in [0.29, 0.717) is 0 Å². The molecule has 1 heterocycles. The lowest BCUT2D eigenvalue weighted by Gasteiger charge is -2.29. The van der Waals surface area contributed by atoms with Crippen LogP contribution in [0.15, 0.2) is 22.7 Å². The second-order valence-corrected chi connectivity index (χ2v) is 6.29. The van der Waals surface area contributed by atoms with Gasteiger partial charge in [-0.2, -0.15) is 0 Å². The maximum absolute atomic E-state index is 10.2. The lowest BCUT2D eigenvalue weighted by atomic mass is 9.96. The molecular weight excluding hydrogens is 304 g/mol. The van der Waals surface area contributed by atoms with Crippen molar-refractivity contribution in [2.75, 3.05) is 0 Å². The van der Waals surface area contributed by atoms with E-state index in [-0.39, 0.29) is 12.2 Å². The molecule has 0 bridgehead atoms. The lowest BCUT2D eigenvalue weighted by Crippen LogP contribution is -2.25. The minimum absolute atomic E-state index is 0.165. The van der Waals surface area contributed by atoms with E-state index in [1.54, 1.807) is 0 Å². The first-order valence-electron chi connectivity index (χ1n) is 7.35. The number of fused-ring (bicyclic) bond motifs is 1. The third kappa shape index (κ3) is 4.22. The number of unbranched alkanes of at least 4 members (excludes halogenated alkanes) is 4. The van der Waals surface area contributed by atoms with Crippen LogP contribution in [-0.4, -0.2) is 11.2 Å². The summed E-state index contributed by atoms with van der Waals surface area (Å²) in [6.07, 6.45) is 7.94. The highest BCUT2D eigenvalue weighted by Crippen LogP contribution is 2.37. The number of hydrogen-bond donors (Lipinski definition) is 1.